The van der Waals surface area contributed by atoms with Crippen molar-refractivity contribution in [1.29, 1.82) is 0 Å². The molecule has 5 amide bonds. The van der Waals surface area contributed by atoms with E-state index in [1.165, 1.54) is 10.8 Å². The molecule has 1 aliphatic carbocycles. The molecule has 1 atom stereocenters. The predicted molar refractivity (Wildman–Crippen MR) is 173 cm³/mol. The van der Waals surface area contributed by atoms with Crippen molar-refractivity contribution >= 4 is 52.5 Å². The lowest BCUT2D eigenvalue weighted by atomic mass is 9.75. The molecule has 7 rings (SSSR count). The molecule has 4 aliphatic rings. The van der Waals surface area contributed by atoms with Crippen molar-refractivity contribution in [3.05, 3.63) is 92.4 Å². The van der Waals surface area contributed by atoms with Gasteiger partial charge in [-0.2, -0.15) is 13.2 Å². The fraction of sp³-hybridized carbons (Fsp3) is 0.314. The lowest BCUT2D eigenvalue weighted by Gasteiger charge is -2.41. The Morgan fingerprint density at radius 2 is 1.72 bits per heavy atom. The summed E-state index contributed by atoms with van der Waals surface area (Å²) < 4.78 is 40.5. The molecular formula is C35H27ClF3N5O6. The number of halogens is 4. The third kappa shape index (κ3) is 5.61. The molecule has 3 aromatic rings. The van der Waals surface area contributed by atoms with E-state index in [4.69, 9.17) is 11.6 Å². The van der Waals surface area contributed by atoms with Gasteiger partial charge in [-0.3, -0.25) is 43.6 Å². The Kier molecular flexibility index (Phi) is 8.05. The van der Waals surface area contributed by atoms with E-state index < -0.39 is 58.4 Å². The maximum Gasteiger partial charge on any atom is 0.416 e. The average Bonchev–Trinajstić information content (AvgIpc) is 3.26. The zero-order valence-corrected chi connectivity index (χ0v) is 26.9. The number of piperidine rings is 1. The lowest BCUT2D eigenvalue weighted by molar-refractivity contribution is -0.138. The SMILES string of the molecule is O=C1CCC(N2C(=O)c3ccc(N4CC(C#Cc5cccn(C6(C(=O)Nc7ccc(C(F)(F)F)cc7Cl)CCC6)c5=O)C4)cc3C2=O)C(=O)N1. The Bertz CT molecular complexity index is 2130. The average molecular weight is 706 g/mol. The number of nitrogens with one attached hydrogen (secondary N) is 2. The van der Waals surface area contributed by atoms with Crippen molar-refractivity contribution in [2.45, 2.75) is 49.9 Å². The number of hydrogen-bond donors (Lipinski definition) is 2. The Morgan fingerprint density at radius 3 is 2.38 bits per heavy atom. The Labute approximate surface area is 287 Å². The molecule has 2 saturated heterocycles. The Hall–Kier alpha value is -5.42. The van der Waals surface area contributed by atoms with Crippen molar-refractivity contribution < 1.29 is 37.1 Å². The number of carbonyl (C=O) groups is 5. The van der Waals surface area contributed by atoms with Crippen LogP contribution in [0.15, 0.2) is 59.5 Å². The number of imide groups is 2. The van der Waals surface area contributed by atoms with Crippen molar-refractivity contribution in [3.63, 3.8) is 0 Å². The van der Waals surface area contributed by atoms with Gasteiger partial charge in [0.2, 0.25) is 11.8 Å². The number of anilines is 2. The molecule has 3 aliphatic heterocycles. The van der Waals surface area contributed by atoms with Gasteiger partial charge < -0.3 is 10.2 Å². The fourth-order valence-corrected chi connectivity index (χ4v) is 6.89. The molecule has 1 aromatic heterocycles. The molecule has 256 valence electrons. The topological polar surface area (TPSA) is 138 Å². The van der Waals surface area contributed by atoms with E-state index in [1.54, 1.807) is 30.3 Å². The van der Waals surface area contributed by atoms with E-state index in [0.717, 1.165) is 23.1 Å². The van der Waals surface area contributed by atoms with Crippen LogP contribution in [0, 0.1) is 17.8 Å². The monoisotopic (exact) mass is 705 g/mol. The van der Waals surface area contributed by atoms with Gasteiger partial charge in [-0.1, -0.05) is 23.4 Å². The second-order valence-electron chi connectivity index (χ2n) is 12.7. The highest BCUT2D eigenvalue weighted by molar-refractivity contribution is 6.33. The minimum absolute atomic E-state index is 0.000418. The first-order valence-electron chi connectivity index (χ1n) is 15.8. The number of benzene rings is 2. The van der Waals surface area contributed by atoms with Crippen molar-refractivity contribution in [2.75, 3.05) is 23.3 Å². The van der Waals surface area contributed by atoms with Crippen LogP contribution in [0.25, 0.3) is 0 Å². The number of pyridine rings is 1. The summed E-state index contributed by atoms with van der Waals surface area (Å²) in [6.07, 6.45) is -1.68. The fourth-order valence-electron chi connectivity index (χ4n) is 6.66. The maximum absolute atomic E-state index is 13.5. The minimum atomic E-state index is -4.60. The molecule has 11 nitrogen and oxygen atoms in total. The van der Waals surface area contributed by atoms with Gasteiger partial charge in [0.1, 0.15) is 11.6 Å². The first-order valence-corrected chi connectivity index (χ1v) is 16.2. The predicted octanol–water partition coefficient (Wildman–Crippen LogP) is 3.93. The van der Waals surface area contributed by atoms with E-state index in [-0.39, 0.29) is 46.2 Å². The van der Waals surface area contributed by atoms with Gasteiger partial charge in [0.15, 0.2) is 0 Å². The summed E-state index contributed by atoms with van der Waals surface area (Å²) in [7, 11) is 0. The number of carbonyl (C=O) groups excluding carboxylic acids is 5. The Morgan fingerprint density at radius 1 is 0.980 bits per heavy atom. The van der Waals surface area contributed by atoms with E-state index in [9.17, 15) is 41.9 Å². The van der Waals surface area contributed by atoms with Crippen LogP contribution in [0.1, 0.15) is 63.9 Å². The second kappa shape index (κ2) is 12.2. The van der Waals surface area contributed by atoms with Gasteiger partial charge in [-0.25, -0.2) is 0 Å². The summed E-state index contributed by atoms with van der Waals surface area (Å²) in [4.78, 5) is 80.0. The summed E-state index contributed by atoms with van der Waals surface area (Å²) in [5, 5.41) is 4.49. The van der Waals surface area contributed by atoms with E-state index >= 15 is 0 Å². The molecule has 50 heavy (non-hydrogen) atoms. The molecule has 4 heterocycles. The number of hydrogen-bond acceptors (Lipinski definition) is 7. The normalized spacial score (nSPS) is 20.0. The molecular weight excluding hydrogens is 679 g/mol. The highest BCUT2D eigenvalue weighted by atomic mass is 35.5. The van der Waals surface area contributed by atoms with E-state index in [0.29, 0.717) is 38.0 Å². The van der Waals surface area contributed by atoms with Gasteiger partial charge in [0.25, 0.3) is 23.3 Å². The maximum atomic E-state index is 13.5. The second-order valence-corrected chi connectivity index (χ2v) is 13.1. The molecule has 1 unspecified atom stereocenters. The van der Waals surface area contributed by atoms with Crippen molar-refractivity contribution in [1.82, 2.24) is 14.8 Å². The molecule has 1 saturated carbocycles. The van der Waals surface area contributed by atoms with Crippen molar-refractivity contribution in [2.24, 2.45) is 5.92 Å². The summed E-state index contributed by atoms with van der Waals surface area (Å²) in [6.45, 7) is 0.956. The standard InChI is InChI=1S/C35H27ClF3N5O6/c36-25-15-21(35(37,38)39)6-9-26(25)40-33(50)34(12-2-13-34)43-14-1-3-20(30(43)47)5-4-19-17-42(18-19)22-7-8-23-24(16-22)32(49)44(31(23)48)27-10-11-28(45)41-29(27)46/h1,3,6-9,14-16,19,27H,2,10-13,17-18H2,(H,40,50)(H,41,45,46). The van der Waals surface area contributed by atoms with Crippen LogP contribution >= 0.6 is 11.6 Å². The third-order valence-corrected chi connectivity index (χ3v) is 9.95. The summed E-state index contributed by atoms with van der Waals surface area (Å²) >= 11 is 6.06. The lowest BCUT2D eigenvalue weighted by Crippen LogP contribution is -2.54. The summed E-state index contributed by atoms with van der Waals surface area (Å²) in [5.74, 6) is 3.02. The Balaban J connectivity index is 1.03. The largest absolute Gasteiger partial charge is 0.416 e. The number of amides is 5. The van der Waals surface area contributed by atoms with Gasteiger partial charge >= 0.3 is 6.18 Å². The van der Waals surface area contributed by atoms with Crippen LogP contribution < -0.4 is 21.1 Å². The summed E-state index contributed by atoms with van der Waals surface area (Å²) in [6, 6.07) is 9.59. The molecule has 2 aromatic carbocycles. The minimum Gasteiger partial charge on any atom is -0.369 e. The van der Waals surface area contributed by atoms with Crippen LogP contribution in [0.2, 0.25) is 5.02 Å². The molecule has 0 bridgehead atoms. The quantitative estimate of drug-likeness (QED) is 0.303. The number of rotatable bonds is 5. The number of aromatic nitrogens is 1. The van der Waals surface area contributed by atoms with E-state index in [2.05, 4.69) is 22.5 Å². The van der Waals surface area contributed by atoms with E-state index in [1.807, 2.05) is 4.90 Å². The van der Waals surface area contributed by atoms with Gasteiger partial charge in [0, 0.05) is 31.4 Å². The van der Waals surface area contributed by atoms with Crippen LogP contribution in [0.3, 0.4) is 0 Å². The van der Waals surface area contributed by atoms with Crippen LogP contribution in [-0.4, -0.2) is 58.1 Å². The van der Waals surface area contributed by atoms with Crippen LogP contribution in [-0.2, 0) is 26.1 Å². The zero-order chi connectivity index (χ0) is 35.5. The molecule has 0 radical (unpaired) electrons. The molecule has 2 N–H and O–H groups in total. The molecule has 15 heteroatoms. The summed E-state index contributed by atoms with van der Waals surface area (Å²) in [5.41, 5.74) is -1.48. The highest BCUT2D eigenvalue weighted by Gasteiger charge is 2.47. The van der Waals surface area contributed by atoms with Gasteiger partial charge in [-0.05, 0) is 74.2 Å². The number of fused-ring (bicyclic) bond motifs is 1. The van der Waals surface area contributed by atoms with Gasteiger partial charge in [0.05, 0.1) is 38.9 Å². The molecule has 3 fully saturated rings. The van der Waals surface area contributed by atoms with Gasteiger partial charge in [-0.15, -0.1) is 0 Å². The smallest absolute Gasteiger partial charge is 0.369 e. The zero-order valence-electron chi connectivity index (χ0n) is 26.1. The molecule has 0 spiro atoms. The van der Waals surface area contributed by atoms with Crippen LogP contribution in [0.4, 0.5) is 24.5 Å². The highest BCUT2D eigenvalue weighted by Crippen LogP contribution is 2.41. The van der Waals surface area contributed by atoms with Crippen molar-refractivity contribution in [3.8, 4) is 11.8 Å². The number of alkyl halides is 3. The first kappa shape index (κ1) is 33.1. The number of nitrogens with zero attached hydrogens (tertiary/aromatic N) is 3. The van der Waals surface area contributed by atoms with Crippen LogP contribution in [0.5, 0.6) is 0 Å². The third-order valence-electron chi connectivity index (χ3n) is 9.64. The first-order chi connectivity index (χ1) is 23.8.